The number of halogens is 2. The molecule has 0 saturated heterocycles. The van der Waals surface area contributed by atoms with Gasteiger partial charge in [-0.25, -0.2) is 9.18 Å². The summed E-state index contributed by atoms with van der Waals surface area (Å²) in [7, 11) is 0. The summed E-state index contributed by atoms with van der Waals surface area (Å²) < 4.78 is 18.2. The van der Waals surface area contributed by atoms with E-state index in [4.69, 9.17) is 21.4 Å². The number of carbonyl (C=O) groups is 1. The van der Waals surface area contributed by atoms with E-state index in [-0.39, 0.29) is 10.6 Å². The Kier molecular flexibility index (Phi) is 3.91. The van der Waals surface area contributed by atoms with Gasteiger partial charge in [0.05, 0.1) is 11.6 Å². The van der Waals surface area contributed by atoms with Gasteiger partial charge in [-0.2, -0.15) is 0 Å². The highest BCUT2D eigenvalue weighted by Crippen LogP contribution is 2.29. The van der Waals surface area contributed by atoms with Crippen molar-refractivity contribution in [2.75, 3.05) is 6.61 Å². The average Bonchev–Trinajstić information content (AvgIpc) is 2.20. The third-order valence-corrected chi connectivity index (χ3v) is 2.06. The number of benzene rings is 1. The summed E-state index contributed by atoms with van der Waals surface area (Å²) in [6, 6.07) is 4.05. The molecule has 0 fully saturated rings. The van der Waals surface area contributed by atoms with Gasteiger partial charge in [0.25, 0.3) is 0 Å². The molecule has 0 spiro atoms. The zero-order valence-electron chi connectivity index (χ0n) is 8.04. The Morgan fingerprint density at radius 3 is 2.80 bits per heavy atom. The van der Waals surface area contributed by atoms with E-state index < -0.39 is 12.1 Å². The summed E-state index contributed by atoms with van der Waals surface area (Å²) in [6.45, 7) is 2.23. The highest BCUT2D eigenvalue weighted by molar-refractivity contribution is 6.32. The molecule has 82 valence electrons. The van der Waals surface area contributed by atoms with Crippen molar-refractivity contribution in [2.45, 2.75) is 13.1 Å². The molecule has 5 heteroatoms. The Morgan fingerprint density at radius 1 is 1.67 bits per heavy atom. The normalized spacial score (nSPS) is 12.2. The predicted octanol–water partition coefficient (Wildman–Crippen LogP) is 2.83. The lowest BCUT2D eigenvalue weighted by atomic mass is 10.1. The molecule has 1 aromatic carbocycles. The van der Waals surface area contributed by atoms with E-state index in [9.17, 15) is 9.18 Å². The maximum Gasteiger partial charge on any atom is 0.343 e. The first-order valence-electron chi connectivity index (χ1n) is 4.35. The molecule has 0 aliphatic heterocycles. The zero-order valence-corrected chi connectivity index (χ0v) is 8.79. The first-order valence-corrected chi connectivity index (χ1v) is 4.73. The number of aliphatic carboxylic acids is 1. The summed E-state index contributed by atoms with van der Waals surface area (Å²) in [4.78, 5) is 10.4. The third-order valence-electron chi connectivity index (χ3n) is 1.77. The molecular formula is C10H10ClFO3. The second kappa shape index (κ2) is 4.98. The van der Waals surface area contributed by atoms with E-state index in [1.165, 1.54) is 18.2 Å². The SMILES string of the molecule is CCOc1ccc(C(F)C(=O)O)cc1Cl. The van der Waals surface area contributed by atoms with Crippen molar-refractivity contribution in [3.05, 3.63) is 28.8 Å². The number of ether oxygens (including phenoxy) is 1. The smallest absolute Gasteiger partial charge is 0.343 e. The lowest BCUT2D eigenvalue weighted by molar-refractivity contribution is -0.143. The van der Waals surface area contributed by atoms with Crippen LogP contribution in [0.3, 0.4) is 0 Å². The molecule has 0 aliphatic rings. The van der Waals surface area contributed by atoms with Gasteiger partial charge < -0.3 is 9.84 Å². The fraction of sp³-hybridized carbons (Fsp3) is 0.300. The fourth-order valence-corrected chi connectivity index (χ4v) is 1.33. The van der Waals surface area contributed by atoms with Crippen molar-refractivity contribution in [1.82, 2.24) is 0 Å². The van der Waals surface area contributed by atoms with Crippen LogP contribution in [0.2, 0.25) is 5.02 Å². The molecule has 0 radical (unpaired) electrons. The Labute approximate surface area is 91.4 Å². The maximum atomic E-state index is 13.1. The van der Waals surface area contributed by atoms with Crippen molar-refractivity contribution >= 4 is 17.6 Å². The Hall–Kier alpha value is -1.29. The van der Waals surface area contributed by atoms with Gasteiger partial charge in [0.15, 0.2) is 0 Å². The van der Waals surface area contributed by atoms with Crippen molar-refractivity contribution in [3.8, 4) is 5.75 Å². The number of carboxylic acids is 1. The number of carboxylic acid groups (broad SMARTS) is 1. The van der Waals surface area contributed by atoms with Gasteiger partial charge in [-0.1, -0.05) is 17.7 Å². The number of hydrogen-bond acceptors (Lipinski definition) is 2. The van der Waals surface area contributed by atoms with Crippen molar-refractivity contribution in [3.63, 3.8) is 0 Å². The van der Waals surface area contributed by atoms with E-state index >= 15 is 0 Å². The summed E-state index contributed by atoms with van der Waals surface area (Å²) in [5.41, 5.74) is 0.0101. The molecule has 15 heavy (non-hydrogen) atoms. The molecule has 0 bridgehead atoms. The summed E-state index contributed by atoms with van der Waals surface area (Å²) in [6.07, 6.45) is -2.06. The highest BCUT2D eigenvalue weighted by atomic mass is 35.5. The molecule has 1 atom stereocenters. The standard InChI is InChI=1S/C10H10ClFO3/c1-2-15-8-4-3-6(5-7(8)11)9(12)10(13)14/h3-5,9H,2H2,1H3,(H,13,14). The monoisotopic (exact) mass is 232 g/mol. The minimum absolute atomic E-state index is 0.0101. The molecule has 3 nitrogen and oxygen atoms in total. The lowest BCUT2D eigenvalue weighted by Crippen LogP contribution is -2.06. The average molecular weight is 233 g/mol. The van der Waals surface area contributed by atoms with Crippen molar-refractivity contribution in [2.24, 2.45) is 0 Å². The van der Waals surface area contributed by atoms with Crippen LogP contribution in [0.25, 0.3) is 0 Å². The quantitative estimate of drug-likeness (QED) is 0.868. The maximum absolute atomic E-state index is 13.1. The molecule has 0 amide bonds. The molecule has 0 heterocycles. The first-order chi connectivity index (χ1) is 7.06. The largest absolute Gasteiger partial charge is 0.492 e. The van der Waals surface area contributed by atoms with Gasteiger partial charge >= 0.3 is 5.97 Å². The minimum Gasteiger partial charge on any atom is -0.492 e. The van der Waals surface area contributed by atoms with Crippen molar-refractivity contribution < 1.29 is 19.0 Å². The highest BCUT2D eigenvalue weighted by Gasteiger charge is 2.19. The molecule has 1 rings (SSSR count). The Balaban J connectivity index is 2.95. The van der Waals surface area contributed by atoms with E-state index in [1.807, 2.05) is 0 Å². The Morgan fingerprint density at radius 2 is 2.33 bits per heavy atom. The van der Waals surface area contributed by atoms with Gasteiger partial charge in [0.2, 0.25) is 6.17 Å². The summed E-state index contributed by atoms with van der Waals surface area (Å²) in [5, 5.41) is 8.66. The second-order valence-electron chi connectivity index (χ2n) is 2.82. The molecule has 0 aromatic heterocycles. The fourth-order valence-electron chi connectivity index (χ4n) is 1.09. The molecule has 1 aromatic rings. The van der Waals surface area contributed by atoms with Crippen LogP contribution in [0.4, 0.5) is 4.39 Å². The zero-order chi connectivity index (χ0) is 11.4. The second-order valence-corrected chi connectivity index (χ2v) is 3.23. The lowest BCUT2D eigenvalue weighted by Gasteiger charge is -2.08. The molecule has 1 N–H and O–H groups in total. The Bertz CT molecular complexity index is 368. The van der Waals surface area contributed by atoms with Gasteiger partial charge in [0.1, 0.15) is 5.75 Å². The molecule has 0 aliphatic carbocycles. The van der Waals surface area contributed by atoms with E-state index in [1.54, 1.807) is 6.92 Å². The van der Waals surface area contributed by atoms with E-state index in [2.05, 4.69) is 0 Å². The van der Waals surface area contributed by atoms with Crippen LogP contribution in [-0.4, -0.2) is 17.7 Å². The van der Waals surface area contributed by atoms with Gasteiger partial charge in [-0.3, -0.25) is 0 Å². The summed E-state index contributed by atoms with van der Waals surface area (Å²) >= 11 is 5.77. The van der Waals surface area contributed by atoms with E-state index in [0.717, 1.165) is 0 Å². The van der Waals surface area contributed by atoms with Gasteiger partial charge in [-0.05, 0) is 24.6 Å². The van der Waals surface area contributed by atoms with Gasteiger partial charge in [-0.15, -0.1) is 0 Å². The number of rotatable bonds is 4. The third kappa shape index (κ3) is 2.83. The van der Waals surface area contributed by atoms with Crippen molar-refractivity contribution in [1.29, 1.82) is 0 Å². The van der Waals surface area contributed by atoms with Crippen LogP contribution in [0.15, 0.2) is 18.2 Å². The van der Waals surface area contributed by atoms with E-state index in [0.29, 0.717) is 12.4 Å². The molecular weight excluding hydrogens is 223 g/mol. The van der Waals surface area contributed by atoms with Crippen LogP contribution in [-0.2, 0) is 4.79 Å². The van der Waals surface area contributed by atoms with Crippen LogP contribution in [0.5, 0.6) is 5.75 Å². The van der Waals surface area contributed by atoms with Crippen LogP contribution < -0.4 is 4.74 Å². The minimum atomic E-state index is -2.06. The van der Waals surface area contributed by atoms with Crippen LogP contribution in [0.1, 0.15) is 18.7 Å². The molecule has 1 unspecified atom stereocenters. The summed E-state index contributed by atoms with van der Waals surface area (Å²) in [5.74, 6) is -1.12. The van der Waals surface area contributed by atoms with Gasteiger partial charge in [0, 0.05) is 0 Å². The van der Waals surface area contributed by atoms with Crippen LogP contribution in [0, 0.1) is 0 Å². The predicted molar refractivity (Wildman–Crippen MR) is 54.1 cm³/mol. The topological polar surface area (TPSA) is 46.5 Å². The number of alkyl halides is 1. The van der Waals surface area contributed by atoms with Crippen LogP contribution >= 0.6 is 11.6 Å². The first kappa shape index (κ1) is 11.8. The number of hydrogen-bond donors (Lipinski definition) is 1. The molecule has 0 saturated carbocycles.